The Labute approximate surface area is 137 Å². The van der Waals surface area contributed by atoms with Gasteiger partial charge in [0.25, 0.3) is 10.7 Å². The molecule has 0 spiro atoms. The number of rotatable bonds is 1. The van der Waals surface area contributed by atoms with Gasteiger partial charge < -0.3 is 19.0 Å². The highest BCUT2D eigenvalue weighted by atomic mass is 32.2. The summed E-state index contributed by atoms with van der Waals surface area (Å²) in [5.41, 5.74) is 2.10. The number of aromatic nitrogens is 1. The van der Waals surface area contributed by atoms with E-state index >= 15 is 0 Å². The lowest BCUT2D eigenvalue weighted by Gasteiger charge is -2.43. The van der Waals surface area contributed by atoms with E-state index in [2.05, 4.69) is 4.98 Å². The van der Waals surface area contributed by atoms with Crippen LogP contribution in [0.4, 0.5) is 0 Å². The predicted octanol–water partition coefficient (Wildman–Crippen LogP) is 2.84. The monoisotopic (exact) mass is 336 g/mol. The summed E-state index contributed by atoms with van der Waals surface area (Å²) in [6, 6.07) is 5.73. The van der Waals surface area contributed by atoms with E-state index < -0.39 is 0 Å². The molecule has 2 atom stereocenters. The maximum absolute atomic E-state index is 12.9. The summed E-state index contributed by atoms with van der Waals surface area (Å²) in [5.74, 6) is 1.03. The molecule has 1 aromatic carbocycles. The van der Waals surface area contributed by atoms with E-state index in [0.717, 1.165) is 37.4 Å². The van der Waals surface area contributed by atoms with E-state index in [0.29, 0.717) is 21.2 Å². The topological polar surface area (TPSA) is 58.5 Å². The van der Waals surface area contributed by atoms with Crippen molar-refractivity contribution in [2.75, 3.05) is 25.5 Å². The molecule has 3 heterocycles. The molecule has 2 aromatic rings. The van der Waals surface area contributed by atoms with Crippen LogP contribution in [0.15, 0.2) is 22.6 Å². The van der Waals surface area contributed by atoms with Crippen LogP contribution in [0, 0.1) is 4.84 Å². The number of aromatic amines is 1. The molecule has 5 nitrogen and oxygen atoms in total. The molecule has 0 radical (unpaired) electrons. The van der Waals surface area contributed by atoms with Crippen molar-refractivity contribution >= 4 is 41.0 Å². The fraction of sp³-hybridized carbons (Fsp3) is 0.467. The molecule has 4 rings (SSSR count). The van der Waals surface area contributed by atoms with Gasteiger partial charge in [-0.05, 0) is 36.8 Å². The summed E-state index contributed by atoms with van der Waals surface area (Å²) in [6.07, 6.45) is 0.913. The average Bonchev–Trinajstić information content (AvgIpc) is 2.92. The van der Waals surface area contributed by atoms with Crippen molar-refractivity contribution in [3.63, 3.8) is 0 Å². The largest absolute Gasteiger partial charge is 0.429 e. The number of nitrogens with zero attached hydrogens (tertiary/aromatic N) is 1. The number of H-pyrrole nitrogens is 1. The van der Waals surface area contributed by atoms with Crippen LogP contribution in [0.25, 0.3) is 11.1 Å². The Morgan fingerprint density at radius 2 is 2.36 bits per heavy atom. The van der Waals surface area contributed by atoms with Crippen LogP contribution in [0.3, 0.4) is 0 Å². The van der Waals surface area contributed by atoms with Gasteiger partial charge in [0.2, 0.25) is 0 Å². The van der Waals surface area contributed by atoms with Crippen molar-refractivity contribution in [1.29, 1.82) is 0 Å². The Kier molecular flexibility index (Phi) is 3.71. The molecule has 0 unspecified atom stereocenters. The van der Waals surface area contributed by atoms with Gasteiger partial charge in [-0.25, -0.2) is 0 Å². The van der Waals surface area contributed by atoms with Gasteiger partial charge >= 0.3 is 0 Å². The minimum Gasteiger partial charge on any atom is -0.429 e. The van der Waals surface area contributed by atoms with Gasteiger partial charge in [0.15, 0.2) is 5.58 Å². The summed E-state index contributed by atoms with van der Waals surface area (Å²) >= 11 is 6.90. The SMILES string of the molecule is O=C(c1ccc2[nH]c(=S)oc2c1)N1CCS[C@H]2COCC[C@H]21. The summed E-state index contributed by atoms with van der Waals surface area (Å²) in [5, 5.41) is 0.395. The van der Waals surface area contributed by atoms with Crippen LogP contribution in [-0.2, 0) is 4.74 Å². The van der Waals surface area contributed by atoms with E-state index in [-0.39, 0.29) is 11.9 Å². The van der Waals surface area contributed by atoms with Gasteiger partial charge in [-0.3, -0.25) is 4.79 Å². The Hall–Kier alpha value is -1.31. The number of carbonyl (C=O) groups is 1. The maximum atomic E-state index is 12.9. The Bertz CT molecular complexity index is 767. The zero-order valence-corrected chi connectivity index (χ0v) is 13.5. The summed E-state index contributed by atoms with van der Waals surface area (Å²) in [7, 11) is 0. The fourth-order valence-corrected chi connectivity index (χ4v) is 4.68. The number of hydrogen-bond acceptors (Lipinski definition) is 5. The molecule has 2 aliphatic rings. The number of carbonyl (C=O) groups excluding carboxylic acids is 1. The van der Waals surface area contributed by atoms with Gasteiger partial charge in [-0.1, -0.05) is 0 Å². The highest BCUT2D eigenvalue weighted by Crippen LogP contribution is 2.31. The number of benzene rings is 1. The van der Waals surface area contributed by atoms with Crippen molar-refractivity contribution in [2.45, 2.75) is 17.7 Å². The van der Waals surface area contributed by atoms with Gasteiger partial charge in [0.05, 0.1) is 12.1 Å². The molecule has 1 N–H and O–H groups in total. The zero-order valence-electron chi connectivity index (χ0n) is 11.9. The second-order valence-electron chi connectivity index (χ2n) is 5.56. The minimum absolute atomic E-state index is 0.0708. The molecule has 1 aromatic heterocycles. The molecule has 2 fully saturated rings. The fourth-order valence-electron chi connectivity index (χ4n) is 3.18. The summed E-state index contributed by atoms with van der Waals surface area (Å²) in [4.78, 5) is 18.2. The number of amides is 1. The molecule has 116 valence electrons. The molecule has 2 aliphatic heterocycles. The second kappa shape index (κ2) is 5.72. The van der Waals surface area contributed by atoms with Gasteiger partial charge in [0, 0.05) is 35.8 Å². The van der Waals surface area contributed by atoms with Crippen molar-refractivity contribution < 1.29 is 13.9 Å². The van der Waals surface area contributed by atoms with E-state index in [9.17, 15) is 4.79 Å². The van der Waals surface area contributed by atoms with Gasteiger partial charge in [0.1, 0.15) is 0 Å². The minimum atomic E-state index is 0.0708. The Morgan fingerprint density at radius 3 is 3.27 bits per heavy atom. The third-order valence-electron chi connectivity index (χ3n) is 4.26. The molecular formula is C15H16N2O3S2. The number of ether oxygens (including phenoxy) is 1. The highest BCUT2D eigenvalue weighted by Gasteiger charge is 2.37. The van der Waals surface area contributed by atoms with Crippen molar-refractivity contribution in [1.82, 2.24) is 9.88 Å². The van der Waals surface area contributed by atoms with Crippen LogP contribution in [0.2, 0.25) is 0 Å². The maximum Gasteiger partial charge on any atom is 0.266 e. The Morgan fingerprint density at radius 1 is 1.45 bits per heavy atom. The molecular weight excluding hydrogens is 320 g/mol. The van der Waals surface area contributed by atoms with Crippen molar-refractivity contribution in [3.05, 3.63) is 28.6 Å². The number of fused-ring (bicyclic) bond motifs is 2. The number of oxazole rings is 1. The molecule has 22 heavy (non-hydrogen) atoms. The van der Waals surface area contributed by atoms with Crippen LogP contribution >= 0.6 is 24.0 Å². The standard InChI is InChI=1S/C15H16N2O3S2/c18-14(9-1-2-10-12(7-9)20-15(21)16-10)17-4-6-22-13-8-19-5-3-11(13)17/h1-2,7,11,13H,3-6,8H2,(H,16,21)/t11-,13+/m1/s1. The quantitative estimate of drug-likeness (QED) is 0.812. The normalized spacial score (nSPS) is 25.2. The average molecular weight is 336 g/mol. The first kappa shape index (κ1) is 14.3. The van der Waals surface area contributed by atoms with Gasteiger partial charge in [-0.15, -0.1) is 0 Å². The van der Waals surface area contributed by atoms with E-state index in [1.165, 1.54) is 0 Å². The van der Waals surface area contributed by atoms with Crippen LogP contribution < -0.4 is 0 Å². The van der Waals surface area contributed by atoms with Crippen LogP contribution in [-0.4, -0.2) is 52.6 Å². The predicted molar refractivity (Wildman–Crippen MR) is 87.9 cm³/mol. The lowest BCUT2D eigenvalue weighted by atomic mass is 10.0. The first-order chi connectivity index (χ1) is 10.7. The summed E-state index contributed by atoms with van der Waals surface area (Å²) < 4.78 is 11.0. The van der Waals surface area contributed by atoms with E-state index in [1.807, 2.05) is 28.8 Å². The molecule has 7 heteroatoms. The number of hydrogen-bond donors (Lipinski definition) is 1. The summed E-state index contributed by atoms with van der Waals surface area (Å²) in [6.45, 7) is 2.26. The second-order valence-corrected chi connectivity index (χ2v) is 7.28. The van der Waals surface area contributed by atoms with Crippen LogP contribution in [0.1, 0.15) is 16.8 Å². The molecule has 0 saturated carbocycles. The van der Waals surface area contributed by atoms with Crippen molar-refractivity contribution in [3.8, 4) is 0 Å². The van der Waals surface area contributed by atoms with Gasteiger partial charge in [-0.2, -0.15) is 11.8 Å². The highest BCUT2D eigenvalue weighted by molar-refractivity contribution is 8.00. The smallest absolute Gasteiger partial charge is 0.266 e. The lowest BCUT2D eigenvalue weighted by Crippen LogP contribution is -2.54. The van der Waals surface area contributed by atoms with Crippen LogP contribution in [0.5, 0.6) is 0 Å². The first-order valence-electron chi connectivity index (χ1n) is 7.35. The van der Waals surface area contributed by atoms with E-state index in [4.69, 9.17) is 21.4 Å². The van der Waals surface area contributed by atoms with Crippen molar-refractivity contribution in [2.24, 2.45) is 0 Å². The molecule has 2 saturated heterocycles. The lowest BCUT2D eigenvalue weighted by molar-refractivity contribution is 0.0319. The third kappa shape index (κ3) is 2.47. The number of nitrogens with one attached hydrogen (secondary N) is 1. The zero-order chi connectivity index (χ0) is 15.1. The molecule has 1 amide bonds. The molecule has 0 bridgehead atoms. The first-order valence-corrected chi connectivity index (χ1v) is 8.81. The number of thioether (sulfide) groups is 1. The third-order valence-corrected chi connectivity index (χ3v) is 5.74. The molecule has 0 aliphatic carbocycles. The Balaban J connectivity index is 1.64. The van der Waals surface area contributed by atoms with E-state index in [1.54, 1.807) is 6.07 Å².